The summed E-state index contributed by atoms with van der Waals surface area (Å²) in [4.78, 5) is 8.06. The van der Waals surface area contributed by atoms with E-state index in [-0.39, 0.29) is 5.92 Å². The summed E-state index contributed by atoms with van der Waals surface area (Å²) in [6.07, 6.45) is 0. The Labute approximate surface area is 112 Å². The molecule has 0 saturated carbocycles. The molecule has 3 rings (SSSR count). The van der Waals surface area contributed by atoms with Crippen LogP contribution in [0.3, 0.4) is 0 Å². The van der Waals surface area contributed by atoms with Crippen molar-refractivity contribution in [2.75, 3.05) is 6.54 Å². The Bertz CT molecular complexity index is 686. The molecule has 96 valence electrons. The molecule has 0 aliphatic heterocycles. The van der Waals surface area contributed by atoms with E-state index in [1.807, 2.05) is 24.3 Å². The molecule has 2 aromatic carbocycles. The first-order valence-corrected chi connectivity index (χ1v) is 6.49. The lowest BCUT2D eigenvalue weighted by molar-refractivity contribution is 0.769. The first-order valence-electron chi connectivity index (χ1n) is 6.49. The van der Waals surface area contributed by atoms with Gasteiger partial charge in [-0.15, -0.1) is 0 Å². The molecule has 19 heavy (non-hydrogen) atoms. The summed E-state index contributed by atoms with van der Waals surface area (Å²) in [5, 5.41) is 0. The van der Waals surface area contributed by atoms with Gasteiger partial charge in [0.1, 0.15) is 5.82 Å². The van der Waals surface area contributed by atoms with E-state index >= 15 is 0 Å². The van der Waals surface area contributed by atoms with Gasteiger partial charge in [0.2, 0.25) is 0 Å². The van der Waals surface area contributed by atoms with Gasteiger partial charge in [0.25, 0.3) is 0 Å². The van der Waals surface area contributed by atoms with Gasteiger partial charge in [-0.05, 0) is 30.2 Å². The molecule has 0 saturated heterocycles. The molecule has 1 unspecified atom stereocenters. The molecule has 0 spiro atoms. The standard InChI is InChI=1S/C16H17N3/c1-11-7-8-14-15(9-11)19-16(18-14)13(10-17)12-5-3-2-4-6-12/h2-9,13H,10,17H2,1H3,(H,18,19). The summed E-state index contributed by atoms with van der Waals surface area (Å²) in [6.45, 7) is 2.63. The van der Waals surface area contributed by atoms with E-state index in [1.165, 1.54) is 11.1 Å². The summed E-state index contributed by atoms with van der Waals surface area (Å²) < 4.78 is 0. The smallest absolute Gasteiger partial charge is 0.116 e. The maximum atomic E-state index is 5.93. The molecule has 1 heterocycles. The van der Waals surface area contributed by atoms with Crippen LogP contribution in [0.15, 0.2) is 48.5 Å². The highest BCUT2D eigenvalue weighted by molar-refractivity contribution is 5.76. The average molecular weight is 251 g/mol. The predicted octanol–water partition coefficient (Wildman–Crippen LogP) is 2.96. The van der Waals surface area contributed by atoms with Gasteiger partial charge in [-0.3, -0.25) is 0 Å². The van der Waals surface area contributed by atoms with Crippen molar-refractivity contribution in [3.8, 4) is 0 Å². The van der Waals surface area contributed by atoms with Crippen LogP contribution in [-0.2, 0) is 0 Å². The second kappa shape index (κ2) is 4.86. The number of aromatic amines is 1. The number of H-pyrrole nitrogens is 1. The zero-order valence-electron chi connectivity index (χ0n) is 10.9. The predicted molar refractivity (Wildman–Crippen MR) is 78.2 cm³/mol. The second-order valence-corrected chi connectivity index (χ2v) is 4.84. The highest BCUT2D eigenvalue weighted by Gasteiger charge is 2.16. The maximum Gasteiger partial charge on any atom is 0.116 e. The second-order valence-electron chi connectivity index (χ2n) is 4.84. The molecule has 3 N–H and O–H groups in total. The SMILES string of the molecule is Cc1ccc2nc(C(CN)c3ccccc3)[nH]c2c1. The Morgan fingerprint density at radius 3 is 2.68 bits per heavy atom. The number of aromatic nitrogens is 2. The molecule has 0 aliphatic rings. The third-order valence-corrected chi connectivity index (χ3v) is 3.42. The number of imidazole rings is 1. The molecular formula is C16H17N3. The Morgan fingerprint density at radius 1 is 1.16 bits per heavy atom. The minimum atomic E-state index is 0.119. The van der Waals surface area contributed by atoms with E-state index in [9.17, 15) is 0 Å². The van der Waals surface area contributed by atoms with Crippen LogP contribution in [-0.4, -0.2) is 16.5 Å². The number of nitrogens with zero attached hydrogens (tertiary/aromatic N) is 1. The minimum Gasteiger partial charge on any atom is -0.341 e. The monoisotopic (exact) mass is 251 g/mol. The molecule has 3 nitrogen and oxygen atoms in total. The van der Waals surface area contributed by atoms with Crippen LogP contribution in [0, 0.1) is 6.92 Å². The number of benzene rings is 2. The van der Waals surface area contributed by atoms with Gasteiger partial charge < -0.3 is 10.7 Å². The Hall–Kier alpha value is -2.13. The summed E-state index contributed by atoms with van der Waals surface area (Å²) in [6, 6.07) is 16.5. The fraction of sp³-hybridized carbons (Fsp3) is 0.188. The van der Waals surface area contributed by atoms with Gasteiger partial charge in [0.05, 0.1) is 17.0 Å². The van der Waals surface area contributed by atoms with Gasteiger partial charge in [-0.2, -0.15) is 0 Å². The third-order valence-electron chi connectivity index (χ3n) is 3.42. The molecule has 3 heteroatoms. The molecule has 0 fully saturated rings. The van der Waals surface area contributed by atoms with Crippen LogP contribution in [0.1, 0.15) is 22.9 Å². The Balaban J connectivity index is 2.07. The lowest BCUT2D eigenvalue weighted by Crippen LogP contribution is -2.15. The van der Waals surface area contributed by atoms with Crippen molar-refractivity contribution in [3.05, 3.63) is 65.5 Å². The molecule has 1 atom stereocenters. The lowest BCUT2D eigenvalue weighted by atomic mass is 9.99. The number of hydrogen-bond acceptors (Lipinski definition) is 2. The number of fused-ring (bicyclic) bond motifs is 1. The highest BCUT2D eigenvalue weighted by Crippen LogP contribution is 2.24. The van der Waals surface area contributed by atoms with Crippen molar-refractivity contribution >= 4 is 11.0 Å². The van der Waals surface area contributed by atoms with Crippen molar-refractivity contribution in [2.24, 2.45) is 5.73 Å². The largest absolute Gasteiger partial charge is 0.341 e. The van der Waals surface area contributed by atoms with Crippen LogP contribution < -0.4 is 5.73 Å². The van der Waals surface area contributed by atoms with Crippen molar-refractivity contribution < 1.29 is 0 Å². The molecule has 0 aliphatic carbocycles. The van der Waals surface area contributed by atoms with E-state index in [4.69, 9.17) is 5.73 Å². The van der Waals surface area contributed by atoms with E-state index in [2.05, 4.69) is 41.2 Å². The van der Waals surface area contributed by atoms with E-state index in [1.54, 1.807) is 0 Å². The summed E-state index contributed by atoms with van der Waals surface area (Å²) in [5.41, 5.74) is 10.4. The highest BCUT2D eigenvalue weighted by atomic mass is 14.9. The molecule has 3 aromatic rings. The van der Waals surface area contributed by atoms with Crippen molar-refractivity contribution in [2.45, 2.75) is 12.8 Å². The molecule has 0 bridgehead atoms. The Kier molecular flexibility index (Phi) is 3.05. The minimum absolute atomic E-state index is 0.119. The topological polar surface area (TPSA) is 54.7 Å². The van der Waals surface area contributed by atoms with Gasteiger partial charge >= 0.3 is 0 Å². The first kappa shape index (κ1) is 11.9. The fourth-order valence-corrected chi connectivity index (χ4v) is 2.40. The van der Waals surface area contributed by atoms with Crippen molar-refractivity contribution in [1.29, 1.82) is 0 Å². The zero-order chi connectivity index (χ0) is 13.2. The van der Waals surface area contributed by atoms with Crippen LogP contribution in [0.2, 0.25) is 0 Å². The Morgan fingerprint density at radius 2 is 1.95 bits per heavy atom. The van der Waals surface area contributed by atoms with Crippen LogP contribution in [0.25, 0.3) is 11.0 Å². The first-order chi connectivity index (χ1) is 9.28. The summed E-state index contributed by atoms with van der Waals surface area (Å²) >= 11 is 0. The van der Waals surface area contributed by atoms with Crippen molar-refractivity contribution in [3.63, 3.8) is 0 Å². The van der Waals surface area contributed by atoms with Crippen molar-refractivity contribution in [1.82, 2.24) is 9.97 Å². The lowest BCUT2D eigenvalue weighted by Gasteiger charge is -2.11. The van der Waals surface area contributed by atoms with E-state index < -0.39 is 0 Å². The summed E-state index contributed by atoms with van der Waals surface area (Å²) in [7, 11) is 0. The van der Waals surface area contributed by atoms with Gasteiger partial charge in [-0.1, -0.05) is 36.4 Å². The zero-order valence-corrected chi connectivity index (χ0v) is 10.9. The van der Waals surface area contributed by atoms with Crippen LogP contribution in [0.4, 0.5) is 0 Å². The third kappa shape index (κ3) is 2.25. The maximum absolute atomic E-state index is 5.93. The molecule has 0 radical (unpaired) electrons. The summed E-state index contributed by atoms with van der Waals surface area (Å²) in [5.74, 6) is 1.06. The number of nitrogens with one attached hydrogen (secondary N) is 1. The normalized spacial score (nSPS) is 12.7. The van der Waals surface area contributed by atoms with Gasteiger partial charge in [0.15, 0.2) is 0 Å². The number of hydrogen-bond donors (Lipinski definition) is 2. The van der Waals surface area contributed by atoms with Gasteiger partial charge in [0, 0.05) is 6.54 Å². The van der Waals surface area contributed by atoms with Gasteiger partial charge in [-0.25, -0.2) is 4.98 Å². The molecule has 0 amide bonds. The molecular weight excluding hydrogens is 234 g/mol. The fourth-order valence-electron chi connectivity index (χ4n) is 2.40. The van der Waals surface area contributed by atoms with E-state index in [0.717, 1.165) is 16.9 Å². The quantitative estimate of drug-likeness (QED) is 0.752. The average Bonchev–Trinajstić information content (AvgIpc) is 2.83. The number of aryl methyl sites for hydroxylation is 1. The number of rotatable bonds is 3. The molecule has 1 aromatic heterocycles. The van der Waals surface area contributed by atoms with E-state index in [0.29, 0.717) is 6.54 Å². The number of nitrogens with two attached hydrogens (primary N) is 1. The van der Waals surface area contributed by atoms with Crippen LogP contribution >= 0.6 is 0 Å². The van der Waals surface area contributed by atoms with Crippen LogP contribution in [0.5, 0.6) is 0 Å².